The zero-order valence-electron chi connectivity index (χ0n) is 7.79. The van der Waals surface area contributed by atoms with E-state index in [0.717, 1.165) is 5.56 Å². The van der Waals surface area contributed by atoms with E-state index in [4.69, 9.17) is 10.4 Å². The van der Waals surface area contributed by atoms with Crippen LogP contribution < -0.4 is 0 Å². The van der Waals surface area contributed by atoms with Gasteiger partial charge in [0.2, 0.25) is 0 Å². The number of nitrogens with zero attached hydrogens (tertiary/aromatic N) is 2. The molecule has 0 aliphatic rings. The number of nitriles is 1. The number of aromatic nitrogens is 1. The molecule has 0 saturated heterocycles. The van der Waals surface area contributed by atoms with Crippen molar-refractivity contribution >= 4 is 12.0 Å². The van der Waals surface area contributed by atoms with Crippen LogP contribution in [0.4, 0.5) is 0 Å². The van der Waals surface area contributed by atoms with Crippen molar-refractivity contribution in [1.29, 1.82) is 5.26 Å². The lowest BCUT2D eigenvalue weighted by atomic mass is 10.2. The van der Waals surface area contributed by atoms with E-state index in [0.29, 0.717) is 0 Å². The van der Waals surface area contributed by atoms with Gasteiger partial charge in [0.15, 0.2) is 0 Å². The van der Waals surface area contributed by atoms with Gasteiger partial charge in [0.25, 0.3) is 0 Å². The Morgan fingerprint density at radius 2 is 2.40 bits per heavy atom. The largest absolute Gasteiger partial charge is 0.477 e. The summed E-state index contributed by atoms with van der Waals surface area (Å²) in [5.41, 5.74) is 0.548. The maximum atomic E-state index is 10.4. The zero-order valence-corrected chi connectivity index (χ0v) is 7.79. The van der Waals surface area contributed by atoms with Crippen LogP contribution >= 0.6 is 0 Å². The predicted octanol–water partition coefficient (Wildman–Crippen LogP) is 1.63. The number of hydrogen-bond donors (Lipinski definition) is 1. The van der Waals surface area contributed by atoms with Crippen LogP contribution in [0.15, 0.2) is 42.3 Å². The van der Waals surface area contributed by atoms with Crippen molar-refractivity contribution in [2.24, 2.45) is 0 Å². The first-order chi connectivity index (χ1) is 7.24. The lowest BCUT2D eigenvalue weighted by Crippen LogP contribution is -1.96. The van der Waals surface area contributed by atoms with Crippen LogP contribution in [0, 0.1) is 11.3 Å². The second kappa shape index (κ2) is 5.35. The van der Waals surface area contributed by atoms with Crippen molar-refractivity contribution in [3.05, 3.63) is 47.8 Å². The molecular formula is C11H8N2O2. The van der Waals surface area contributed by atoms with Crippen LogP contribution in [0.2, 0.25) is 0 Å². The molecular weight excluding hydrogens is 192 g/mol. The molecule has 0 saturated carbocycles. The first kappa shape index (κ1) is 10.7. The zero-order chi connectivity index (χ0) is 11.1. The molecule has 0 aliphatic heterocycles. The number of rotatable bonds is 3. The summed E-state index contributed by atoms with van der Waals surface area (Å²) in [6, 6.07) is 5.18. The lowest BCUT2D eigenvalue weighted by Gasteiger charge is -1.88. The molecule has 4 heteroatoms. The van der Waals surface area contributed by atoms with Crippen molar-refractivity contribution in [2.75, 3.05) is 0 Å². The maximum Gasteiger partial charge on any atom is 0.346 e. The molecule has 0 unspecified atom stereocenters. The summed E-state index contributed by atoms with van der Waals surface area (Å²) >= 11 is 0. The van der Waals surface area contributed by atoms with E-state index in [-0.39, 0.29) is 5.57 Å². The fraction of sp³-hybridized carbons (Fsp3) is 0. The van der Waals surface area contributed by atoms with E-state index >= 15 is 0 Å². The summed E-state index contributed by atoms with van der Waals surface area (Å²) in [4.78, 5) is 14.3. The Morgan fingerprint density at radius 1 is 1.60 bits per heavy atom. The normalized spacial score (nSPS) is 11.3. The number of aliphatic carboxylic acids is 1. The molecule has 0 aliphatic carbocycles. The average molecular weight is 200 g/mol. The summed E-state index contributed by atoms with van der Waals surface area (Å²) in [5, 5.41) is 17.0. The SMILES string of the molecule is N#CC(=CC=Cc1cccnc1)C(=O)O. The molecule has 0 bridgehead atoms. The Morgan fingerprint density at radius 3 is 2.93 bits per heavy atom. The average Bonchev–Trinajstić information content (AvgIpc) is 2.25. The van der Waals surface area contributed by atoms with Gasteiger partial charge in [-0.1, -0.05) is 18.2 Å². The van der Waals surface area contributed by atoms with Crippen molar-refractivity contribution in [2.45, 2.75) is 0 Å². The van der Waals surface area contributed by atoms with Gasteiger partial charge in [-0.3, -0.25) is 4.98 Å². The molecule has 1 aromatic rings. The lowest BCUT2D eigenvalue weighted by molar-refractivity contribution is -0.132. The second-order valence-corrected chi connectivity index (χ2v) is 2.64. The first-order valence-electron chi connectivity index (χ1n) is 4.16. The monoisotopic (exact) mass is 200 g/mol. The molecule has 1 aromatic heterocycles. The van der Waals surface area contributed by atoms with Gasteiger partial charge in [-0.05, 0) is 17.7 Å². The molecule has 1 N–H and O–H groups in total. The number of hydrogen-bond acceptors (Lipinski definition) is 3. The molecule has 15 heavy (non-hydrogen) atoms. The number of allylic oxidation sites excluding steroid dienone is 2. The topological polar surface area (TPSA) is 74.0 Å². The van der Waals surface area contributed by atoms with Crippen LogP contribution in [0.5, 0.6) is 0 Å². The maximum absolute atomic E-state index is 10.4. The van der Waals surface area contributed by atoms with Crippen molar-refractivity contribution in [3.63, 3.8) is 0 Å². The number of carboxylic acids is 1. The van der Waals surface area contributed by atoms with Gasteiger partial charge in [-0.25, -0.2) is 4.79 Å². The van der Waals surface area contributed by atoms with Gasteiger partial charge in [-0.15, -0.1) is 0 Å². The minimum atomic E-state index is -1.23. The molecule has 0 amide bonds. The Labute approximate surface area is 86.8 Å². The summed E-state index contributed by atoms with van der Waals surface area (Å²) in [6.07, 6.45) is 7.70. The van der Waals surface area contributed by atoms with Crippen molar-refractivity contribution in [1.82, 2.24) is 4.98 Å². The van der Waals surface area contributed by atoms with Gasteiger partial charge in [0, 0.05) is 12.4 Å². The van der Waals surface area contributed by atoms with E-state index in [2.05, 4.69) is 4.98 Å². The summed E-state index contributed by atoms with van der Waals surface area (Å²) in [5.74, 6) is -1.23. The van der Waals surface area contributed by atoms with E-state index in [1.54, 1.807) is 30.6 Å². The molecule has 4 nitrogen and oxygen atoms in total. The number of carbonyl (C=O) groups is 1. The Hall–Kier alpha value is -2.41. The highest BCUT2D eigenvalue weighted by Crippen LogP contribution is 2.00. The number of carboxylic acid groups (broad SMARTS) is 1. The van der Waals surface area contributed by atoms with E-state index in [1.165, 1.54) is 12.2 Å². The van der Waals surface area contributed by atoms with Crippen LogP contribution in [-0.2, 0) is 4.79 Å². The van der Waals surface area contributed by atoms with Gasteiger partial charge in [0.1, 0.15) is 11.6 Å². The fourth-order valence-electron chi connectivity index (χ4n) is 0.886. The van der Waals surface area contributed by atoms with E-state index in [1.807, 2.05) is 6.07 Å². The molecule has 0 spiro atoms. The van der Waals surface area contributed by atoms with Gasteiger partial charge < -0.3 is 5.11 Å². The second-order valence-electron chi connectivity index (χ2n) is 2.64. The standard InChI is InChI=1S/C11H8N2O2/c12-7-10(11(14)15)5-1-3-9-4-2-6-13-8-9/h1-6,8H,(H,14,15). The molecule has 0 atom stereocenters. The van der Waals surface area contributed by atoms with Crippen LogP contribution in [0.3, 0.4) is 0 Å². The third-order valence-electron chi connectivity index (χ3n) is 1.59. The molecule has 0 aromatic carbocycles. The molecule has 0 fully saturated rings. The van der Waals surface area contributed by atoms with E-state index < -0.39 is 5.97 Å². The van der Waals surface area contributed by atoms with Crippen LogP contribution in [-0.4, -0.2) is 16.1 Å². The van der Waals surface area contributed by atoms with Crippen molar-refractivity contribution in [3.8, 4) is 6.07 Å². The van der Waals surface area contributed by atoms with Gasteiger partial charge in [-0.2, -0.15) is 5.26 Å². The predicted molar refractivity (Wildman–Crippen MR) is 54.6 cm³/mol. The van der Waals surface area contributed by atoms with Crippen LogP contribution in [0.1, 0.15) is 5.56 Å². The summed E-state index contributed by atoms with van der Waals surface area (Å²) in [6.45, 7) is 0. The first-order valence-corrected chi connectivity index (χ1v) is 4.16. The minimum Gasteiger partial charge on any atom is -0.477 e. The Balaban J connectivity index is 2.76. The molecule has 1 rings (SSSR count). The highest BCUT2D eigenvalue weighted by molar-refractivity contribution is 5.91. The quantitative estimate of drug-likeness (QED) is 0.457. The summed E-state index contributed by atoms with van der Waals surface area (Å²) < 4.78 is 0. The Bertz CT molecular complexity index is 441. The van der Waals surface area contributed by atoms with E-state index in [9.17, 15) is 4.79 Å². The third kappa shape index (κ3) is 3.44. The van der Waals surface area contributed by atoms with Crippen molar-refractivity contribution < 1.29 is 9.90 Å². The highest BCUT2D eigenvalue weighted by atomic mass is 16.4. The van der Waals surface area contributed by atoms with Crippen LogP contribution in [0.25, 0.3) is 6.08 Å². The molecule has 0 radical (unpaired) electrons. The third-order valence-corrected chi connectivity index (χ3v) is 1.59. The van der Waals surface area contributed by atoms with Gasteiger partial charge in [0.05, 0.1) is 0 Å². The fourth-order valence-corrected chi connectivity index (χ4v) is 0.886. The minimum absolute atomic E-state index is 0.296. The Kier molecular flexibility index (Phi) is 3.80. The molecule has 1 heterocycles. The molecule has 74 valence electrons. The smallest absolute Gasteiger partial charge is 0.346 e. The van der Waals surface area contributed by atoms with Gasteiger partial charge >= 0.3 is 5.97 Å². The highest BCUT2D eigenvalue weighted by Gasteiger charge is 2.02. The number of pyridine rings is 1. The summed E-state index contributed by atoms with van der Waals surface area (Å²) in [7, 11) is 0.